The highest BCUT2D eigenvalue weighted by atomic mass is 32.2. The van der Waals surface area contributed by atoms with Gasteiger partial charge in [-0.25, -0.2) is 8.42 Å². The summed E-state index contributed by atoms with van der Waals surface area (Å²) >= 11 is 0. The lowest BCUT2D eigenvalue weighted by Crippen LogP contribution is -2.41. The number of nitrogens with zero attached hydrogens (tertiary/aromatic N) is 1. The maximum absolute atomic E-state index is 13.6. The Kier molecular flexibility index (Phi) is 7.15. The number of ether oxygens (including phenoxy) is 5. The fourth-order valence-corrected chi connectivity index (χ4v) is 5.48. The van der Waals surface area contributed by atoms with Gasteiger partial charge in [0.2, 0.25) is 10.0 Å². The van der Waals surface area contributed by atoms with E-state index in [1.54, 1.807) is 6.07 Å². The first-order valence-electron chi connectivity index (χ1n) is 9.86. The van der Waals surface area contributed by atoms with Crippen LogP contribution in [0.15, 0.2) is 35.2 Å². The molecule has 0 spiro atoms. The molecule has 0 bridgehead atoms. The Balaban J connectivity index is 2.12. The van der Waals surface area contributed by atoms with E-state index in [1.807, 2.05) is 6.07 Å². The molecule has 1 atom stereocenters. The number of carbonyl (C=O) groups is 1. The molecule has 0 radical (unpaired) electrons. The second-order valence-electron chi connectivity index (χ2n) is 7.08. The van der Waals surface area contributed by atoms with Crippen molar-refractivity contribution in [1.29, 1.82) is 0 Å². The minimum absolute atomic E-state index is 0.0361. The third-order valence-electron chi connectivity index (χ3n) is 5.50. The van der Waals surface area contributed by atoms with E-state index in [-0.39, 0.29) is 17.9 Å². The minimum Gasteiger partial charge on any atom is -0.493 e. The van der Waals surface area contributed by atoms with Crippen molar-refractivity contribution in [2.75, 3.05) is 42.1 Å². The van der Waals surface area contributed by atoms with Crippen LogP contribution in [0.2, 0.25) is 0 Å². The number of rotatable bonds is 8. The Bertz CT molecular complexity index is 1100. The Labute approximate surface area is 187 Å². The Morgan fingerprint density at radius 3 is 2.09 bits per heavy atom. The van der Waals surface area contributed by atoms with Crippen molar-refractivity contribution in [2.24, 2.45) is 0 Å². The SMILES string of the molecule is COC(=O)C[C@@H]1c2cc(OC)c(OC)cc2CCN1S(=O)(=O)c1ccc(OC)c(OC)c1. The number of hydrogen-bond acceptors (Lipinski definition) is 8. The first-order chi connectivity index (χ1) is 15.3. The molecular weight excluding hydrogens is 438 g/mol. The number of fused-ring (bicyclic) bond motifs is 1. The molecule has 0 fully saturated rings. The summed E-state index contributed by atoms with van der Waals surface area (Å²) in [6.07, 6.45) is 0.297. The molecule has 0 unspecified atom stereocenters. The van der Waals surface area contributed by atoms with Crippen LogP contribution in [0.3, 0.4) is 0 Å². The second kappa shape index (κ2) is 9.66. The highest BCUT2D eigenvalue weighted by Crippen LogP contribution is 2.42. The van der Waals surface area contributed by atoms with Gasteiger partial charge in [-0.2, -0.15) is 4.31 Å². The number of benzene rings is 2. The molecule has 9 nitrogen and oxygen atoms in total. The molecule has 3 rings (SSSR count). The van der Waals surface area contributed by atoms with E-state index in [4.69, 9.17) is 23.7 Å². The molecule has 0 N–H and O–H groups in total. The summed E-state index contributed by atoms with van der Waals surface area (Å²) in [5.74, 6) is 1.18. The second-order valence-corrected chi connectivity index (χ2v) is 8.98. The van der Waals surface area contributed by atoms with Crippen LogP contribution < -0.4 is 18.9 Å². The predicted octanol–water partition coefficient (Wildman–Crippen LogP) is 2.57. The quantitative estimate of drug-likeness (QED) is 0.549. The monoisotopic (exact) mass is 465 g/mol. The summed E-state index contributed by atoms with van der Waals surface area (Å²) in [4.78, 5) is 12.3. The largest absolute Gasteiger partial charge is 0.493 e. The molecule has 0 saturated heterocycles. The molecule has 174 valence electrons. The highest BCUT2D eigenvalue weighted by Gasteiger charge is 2.39. The number of carbonyl (C=O) groups excluding carboxylic acids is 1. The van der Waals surface area contributed by atoms with Crippen molar-refractivity contribution in [2.45, 2.75) is 23.8 Å². The number of sulfonamides is 1. The van der Waals surface area contributed by atoms with Gasteiger partial charge in [0.1, 0.15) is 0 Å². The minimum atomic E-state index is -3.98. The molecule has 1 heterocycles. The average molecular weight is 466 g/mol. The van der Waals surface area contributed by atoms with E-state index in [1.165, 1.54) is 58.1 Å². The summed E-state index contributed by atoms with van der Waals surface area (Å²) < 4.78 is 54.7. The molecule has 0 aromatic heterocycles. The highest BCUT2D eigenvalue weighted by molar-refractivity contribution is 7.89. The van der Waals surface area contributed by atoms with Gasteiger partial charge in [0.25, 0.3) is 0 Å². The lowest BCUT2D eigenvalue weighted by molar-refractivity contribution is -0.141. The summed E-state index contributed by atoms with van der Waals surface area (Å²) in [5, 5.41) is 0. The van der Waals surface area contributed by atoms with Crippen molar-refractivity contribution in [3.63, 3.8) is 0 Å². The summed E-state index contributed by atoms with van der Waals surface area (Å²) in [6.45, 7) is 0.181. The van der Waals surface area contributed by atoms with Crippen molar-refractivity contribution < 1.29 is 36.9 Å². The first-order valence-corrected chi connectivity index (χ1v) is 11.3. The van der Waals surface area contributed by atoms with Gasteiger partial charge in [-0.1, -0.05) is 0 Å². The van der Waals surface area contributed by atoms with Crippen molar-refractivity contribution in [1.82, 2.24) is 4.31 Å². The van der Waals surface area contributed by atoms with Crippen LogP contribution in [0.5, 0.6) is 23.0 Å². The molecule has 0 aliphatic carbocycles. The lowest BCUT2D eigenvalue weighted by Gasteiger charge is -2.36. The van der Waals surface area contributed by atoms with Crippen LogP contribution in [-0.2, 0) is 26.0 Å². The molecule has 10 heteroatoms. The normalized spacial score (nSPS) is 16.1. The molecule has 2 aromatic carbocycles. The maximum Gasteiger partial charge on any atom is 0.307 e. The van der Waals surface area contributed by atoms with Crippen molar-refractivity contribution in [3.8, 4) is 23.0 Å². The third-order valence-corrected chi connectivity index (χ3v) is 7.41. The van der Waals surface area contributed by atoms with Crippen molar-refractivity contribution >= 4 is 16.0 Å². The number of esters is 1. The number of methoxy groups -OCH3 is 5. The van der Waals surface area contributed by atoms with Gasteiger partial charge in [0.15, 0.2) is 23.0 Å². The fourth-order valence-electron chi connectivity index (χ4n) is 3.86. The van der Waals surface area contributed by atoms with Gasteiger partial charge in [0.05, 0.1) is 52.9 Å². The first kappa shape index (κ1) is 23.7. The van der Waals surface area contributed by atoms with Gasteiger partial charge >= 0.3 is 5.97 Å². The Morgan fingerprint density at radius 2 is 1.50 bits per heavy atom. The van der Waals surface area contributed by atoms with E-state index in [2.05, 4.69) is 0 Å². The zero-order valence-electron chi connectivity index (χ0n) is 18.7. The van der Waals surface area contributed by atoms with Gasteiger partial charge in [-0.05, 0) is 41.8 Å². The van der Waals surface area contributed by atoms with Gasteiger partial charge in [-0.15, -0.1) is 0 Å². The van der Waals surface area contributed by atoms with Crippen LogP contribution >= 0.6 is 0 Å². The van der Waals surface area contributed by atoms with Crippen LogP contribution in [-0.4, -0.2) is 60.8 Å². The van der Waals surface area contributed by atoms with E-state index >= 15 is 0 Å². The topological polar surface area (TPSA) is 101 Å². The maximum atomic E-state index is 13.6. The van der Waals surface area contributed by atoms with Crippen LogP contribution in [0, 0.1) is 0 Å². The summed E-state index contributed by atoms with van der Waals surface area (Å²) in [7, 11) is 3.23. The fraction of sp³-hybridized carbons (Fsp3) is 0.409. The zero-order valence-corrected chi connectivity index (χ0v) is 19.5. The molecular formula is C22H27NO8S. The van der Waals surface area contributed by atoms with Crippen LogP contribution in [0.4, 0.5) is 0 Å². The zero-order chi connectivity index (χ0) is 23.5. The predicted molar refractivity (Wildman–Crippen MR) is 116 cm³/mol. The van der Waals surface area contributed by atoms with E-state index in [0.717, 1.165) is 5.56 Å². The Morgan fingerprint density at radius 1 is 0.906 bits per heavy atom. The summed E-state index contributed by atoms with van der Waals surface area (Å²) in [5.41, 5.74) is 1.55. The van der Waals surface area contributed by atoms with E-state index in [9.17, 15) is 13.2 Å². The molecule has 32 heavy (non-hydrogen) atoms. The van der Waals surface area contributed by atoms with E-state index < -0.39 is 22.0 Å². The van der Waals surface area contributed by atoms with Crippen molar-refractivity contribution in [3.05, 3.63) is 41.5 Å². The lowest BCUT2D eigenvalue weighted by atomic mass is 9.91. The van der Waals surface area contributed by atoms with Crippen LogP contribution in [0.25, 0.3) is 0 Å². The van der Waals surface area contributed by atoms with Gasteiger partial charge in [-0.3, -0.25) is 4.79 Å². The number of hydrogen-bond donors (Lipinski definition) is 0. The molecule has 1 aliphatic rings. The smallest absolute Gasteiger partial charge is 0.307 e. The molecule has 1 aliphatic heterocycles. The standard InChI is InChI=1S/C22H27NO8S/c1-27-18-7-6-15(11-20(18)29-3)32(25,26)23-9-8-14-10-19(28-2)21(30-4)12-16(14)17(23)13-22(24)31-5/h6-7,10-12,17H,8-9,13H2,1-5H3/t17-/m1/s1. The van der Waals surface area contributed by atoms with E-state index in [0.29, 0.717) is 35.0 Å². The van der Waals surface area contributed by atoms with Gasteiger partial charge in [0, 0.05) is 12.6 Å². The molecule has 0 saturated carbocycles. The van der Waals surface area contributed by atoms with Gasteiger partial charge < -0.3 is 23.7 Å². The Hall–Kier alpha value is -2.98. The third kappa shape index (κ3) is 4.33. The molecule has 0 amide bonds. The average Bonchev–Trinajstić information content (AvgIpc) is 2.82. The summed E-state index contributed by atoms with van der Waals surface area (Å²) in [6, 6.07) is 7.16. The van der Waals surface area contributed by atoms with Crippen LogP contribution in [0.1, 0.15) is 23.6 Å². The molecule has 2 aromatic rings.